The van der Waals surface area contributed by atoms with Crippen molar-refractivity contribution in [2.45, 2.75) is 0 Å². The first-order valence-electron chi connectivity index (χ1n) is 3.54. The van der Waals surface area contributed by atoms with Gasteiger partial charge in [0.05, 0.1) is 13.1 Å². The molecule has 0 amide bonds. The predicted molar refractivity (Wildman–Crippen MR) is 40.6 cm³/mol. The Kier molecular flexibility index (Phi) is 1.30. The molecule has 2 N–H and O–H groups in total. The summed E-state index contributed by atoms with van der Waals surface area (Å²) in [4.78, 5) is 8.46. The van der Waals surface area contributed by atoms with Crippen molar-refractivity contribution in [3.8, 4) is 0 Å². The third kappa shape index (κ3) is 0.853. The van der Waals surface area contributed by atoms with Gasteiger partial charge in [0.25, 0.3) is 0 Å². The molecule has 0 unspecified atom stereocenters. The third-order valence-electron chi connectivity index (χ3n) is 1.57. The zero-order chi connectivity index (χ0) is 6.81. The molecule has 54 valence electrons. The molecule has 2 rings (SSSR count). The van der Waals surface area contributed by atoms with Crippen LogP contribution in [0.15, 0.2) is 9.98 Å². The summed E-state index contributed by atoms with van der Waals surface area (Å²) in [5.74, 6) is 1.88. The second kappa shape index (κ2) is 2.28. The normalized spacial score (nSPS) is 23.2. The van der Waals surface area contributed by atoms with Crippen LogP contribution in [0.25, 0.3) is 0 Å². The second-order valence-electron chi connectivity index (χ2n) is 2.31. The van der Waals surface area contributed by atoms with Crippen LogP contribution >= 0.6 is 0 Å². The Bertz CT molecular complexity index is 172. The summed E-state index contributed by atoms with van der Waals surface area (Å²) in [6.07, 6.45) is 0. The van der Waals surface area contributed by atoms with Crippen LogP contribution in [0.1, 0.15) is 0 Å². The van der Waals surface area contributed by atoms with E-state index >= 15 is 0 Å². The monoisotopic (exact) mass is 138 g/mol. The Morgan fingerprint density at radius 1 is 0.900 bits per heavy atom. The number of nitrogens with zero attached hydrogens (tertiary/aromatic N) is 2. The molecule has 0 spiro atoms. The van der Waals surface area contributed by atoms with Gasteiger partial charge >= 0.3 is 0 Å². The Morgan fingerprint density at radius 3 is 1.70 bits per heavy atom. The van der Waals surface area contributed by atoms with Gasteiger partial charge in [0, 0.05) is 13.1 Å². The maximum Gasteiger partial charge on any atom is 0.164 e. The number of rotatable bonds is 1. The first-order valence-corrected chi connectivity index (χ1v) is 3.54. The molecule has 0 aromatic carbocycles. The third-order valence-corrected chi connectivity index (χ3v) is 1.57. The lowest BCUT2D eigenvalue weighted by molar-refractivity contribution is 0.953. The van der Waals surface area contributed by atoms with Crippen molar-refractivity contribution < 1.29 is 0 Å². The molecule has 0 radical (unpaired) electrons. The van der Waals surface area contributed by atoms with Crippen LogP contribution in [0, 0.1) is 0 Å². The van der Waals surface area contributed by atoms with Crippen molar-refractivity contribution in [3.05, 3.63) is 0 Å². The Balaban J connectivity index is 2.10. The highest BCUT2D eigenvalue weighted by molar-refractivity contribution is 6.41. The van der Waals surface area contributed by atoms with Crippen LogP contribution in [0.3, 0.4) is 0 Å². The van der Waals surface area contributed by atoms with E-state index in [9.17, 15) is 0 Å². The van der Waals surface area contributed by atoms with Gasteiger partial charge in [-0.05, 0) is 0 Å². The highest BCUT2D eigenvalue weighted by atomic mass is 15.2. The van der Waals surface area contributed by atoms with E-state index in [4.69, 9.17) is 0 Å². The van der Waals surface area contributed by atoms with Crippen LogP contribution in [-0.2, 0) is 0 Å². The average Bonchev–Trinajstić information content (AvgIpc) is 2.59. The number of aliphatic imine (C=N–C) groups is 2. The molecule has 4 nitrogen and oxygen atoms in total. The minimum Gasteiger partial charge on any atom is -0.365 e. The number of amidine groups is 2. The van der Waals surface area contributed by atoms with Gasteiger partial charge in [-0.15, -0.1) is 0 Å². The van der Waals surface area contributed by atoms with Crippen molar-refractivity contribution >= 4 is 11.7 Å². The van der Waals surface area contributed by atoms with Crippen molar-refractivity contribution in [1.29, 1.82) is 0 Å². The van der Waals surface area contributed by atoms with Gasteiger partial charge in [-0.2, -0.15) is 0 Å². The molecule has 2 aliphatic heterocycles. The predicted octanol–water partition coefficient (Wildman–Crippen LogP) is -1.01. The molecule has 0 bridgehead atoms. The first kappa shape index (κ1) is 5.70. The summed E-state index contributed by atoms with van der Waals surface area (Å²) < 4.78 is 0. The molecule has 0 saturated carbocycles. The van der Waals surface area contributed by atoms with Gasteiger partial charge in [-0.3, -0.25) is 9.98 Å². The lowest BCUT2D eigenvalue weighted by Crippen LogP contribution is -2.34. The lowest BCUT2D eigenvalue weighted by atomic mass is 10.5. The fraction of sp³-hybridized carbons (Fsp3) is 0.667. The van der Waals surface area contributed by atoms with E-state index in [2.05, 4.69) is 20.6 Å². The van der Waals surface area contributed by atoms with Crippen LogP contribution < -0.4 is 10.6 Å². The van der Waals surface area contributed by atoms with Crippen molar-refractivity contribution in [2.24, 2.45) is 9.98 Å². The molecular weight excluding hydrogens is 128 g/mol. The fourth-order valence-corrected chi connectivity index (χ4v) is 1.11. The largest absolute Gasteiger partial charge is 0.365 e. The average molecular weight is 138 g/mol. The van der Waals surface area contributed by atoms with Crippen LogP contribution in [0.5, 0.6) is 0 Å². The molecule has 0 atom stereocenters. The zero-order valence-corrected chi connectivity index (χ0v) is 5.72. The molecule has 0 saturated heterocycles. The first-order chi connectivity index (χ1) is 4.97. The maximum absolute atomic E-state index is 4.23. The van der Waals surface area contributed by atoms with E-state index in [1.165, 1.54) is 0 Å². The summed E-state index contributed by atoms with van der Waals surface area (Å²) >= 11 is 0. The van der Waals surface area contributed by atoms with E-state index in [1.807, 2.05) is 0 Å². The topological polar surface area (TPSA) is 48.8 Å². The number of nitrogens with one attached hydrogen (secondary N) is 2. The minimum absolute atomic E-state index is 0.885. The van der Waals surface area contributed by atoms with Crippen LogP contribution in [0.4, 0.5) is 0 Å². The van der Waals surface area contributed by atoms with Crippen molar-refractivity contribution in [3.63, 3.8) is 0 Å². The Morgan fingerprint density at radius 2 is 1.40 bits per heavy atom. The smallest absolute Gasteiger partial charge is 0.164 e. The molecule has 0 aromatic rings. The van der Waals surface area contributed by atoms with Crippen molar-refractivity contribution in [2.75, 3.05) is 26.2 Å². The molecule has 0 fully saturated rings. The standard InChI is InChI=1S/C6H10N4/c1-2-8-5(7-1)6-9-3-4-10-6/h1-4H2,(H,7,8)(H,9,10). The van der Waals surface area contributed by atoms with E-state index in [0.717, 1.165) is 37.9 Å². The molecule has 0 aromatic heterocycles. The van der Waals surface area contributed by atoms with Gasteiger partial charge in [-0.1, -0.05) is 0 Å². The van der Waals surface area contributed by atoms with E-state index < -0.39 is 0 Å². The van der Waals surface area contributed by atoms with E-state index in [0.29, 0.717) is 0 Å². The van der Waals surface area contributed by atoms with E-state index in [-0.39, 0.29) is 0 Å². The van der Waals surface area contributed by atoms with Crippen molar-refractivity contribution in [1.82, 2.24) is 10.6 Å². The molecule has 10 heavy (non-hydrogen) atoms. The van der Waals surface area contributed by atoms with Gasteiger partial charge in [0.2, 0.25) is 0 Å². The summed E-state index contributed by atoms with van der Waals surface area (Å²) in [6.45, 7) is 3.68. The Hall–Kier alpha value is -1.06. The van der Waals surface area contributed by atoms with Gasteiger partial charge < -0.3 is 10.6 Å². The quantitative estimate of drug-likeness (QED) is 0.488. The fourth-order valence-electron chi connectivity index (χ4n) is 1.11. The molecule has 2 aliphatic rings. The highest BCUT2D eigenvalue weighted by Crippen LogP contribution is 1.91. The van der Waals surface area contributed by atoms with Gasteiger partial charge in [-0.25, -0.2) is 0 Å². The second-order valence-corrected chi connectivity index (χ2v) is 2.31. The molecule has 4 heteroatoms. The highest BCUT2D eigenvalue weighted by Gasteiger charge is 2.14. The van der Waals surface area contributed by atoms with Gasteiger partial charge in [0.15, 0.2) is 11.7 Å². The molecule has 2 heterocycles. The summed E-state index contributed by atoms with van der Waals surface area (Å²) in [7, 11) is 0. The number of hydrogen-bond acceptors (Lipinski definition) is 4. The summed E-state index contributed by atoms with van der Waals surface area (Å²) in [5.41, 5.74) is 0. The van der Waals surface area contributed by atoms with Gasteiger partial charge in [0.1, 0.15) is 0 Å². The zero-order valence-electron chi connectivity index (χ0n) is 5.72. The molecular formula is C6H10N4. The van der Waals surface area contributed by atoms with E-state index in [1.54, 1.807) is 0 Å². The summed E-state index contributed by atoms with van der Waals surface area (Å²) in [6, 6.07) is 0. The minimum atomic E-state index is 0.885. The number of hydrogen-bond donors (Lipinski definition) is 2. The SMILES string of the molecule is C1CNC(C2=NCCN2)=N1. The maximum atomic E-state index is 4.23. The lowest BCUT2D eigenvalue weighted by Gasteiger charge is -2.00. The summed E-state index contributed by atoms with van der Waals surface area (Å²) in [5, 5.41) is 6.31. The Labute approximate surface area is 59.4 Å². The molecule has 0 aliphatic carbocycles. The van der Waals surface area contributed by atoms with Crippen LogP contribution in [0.2, 0.25) is 0 Å². The van der Waals surface area contributed by atoms with Crippen LogP contribution in [-0.4, -0.2) is 37.9 Å².